The molecule has 15 heteroatoms. The number of rotatable bonds is 20. The lowest BCUT2D eigenvalue weighted by atomic mass is 10.1. The first-order chi connectivity index (χ1) is 28.9. The van der Waals surface area contributed by atoms with E-state index in [-0.39, 0.29) is 37.2 Å². The number of esters is 6. The van der Waals surface area contributed by atoms with Crippen LogP contribution in [0.15, 0.2) is 98.1 Å². The van der Waals surface area contributed by atoms with E-state index in [1.807, 2.05) is 0 Å². The Bertz CT molecular complexity index is 2170. The van der Waals surface area contributed by atoms with Gasteiger partial charge in [0.15, 0.2) is 0 Å². The minimum absolute atomic E-state index is 0.0502. The van der Waals surface area contributed by atoms with Gasteiger partial charge in [0.05, 0.1) is 24.3 Å². The van der Waals surface area contributed by atoms with Crippen LogP contribution in [-0.4, -0.2) is 85.0 Å². The Kier molecular flexibility index (Phi) is 15.4. The summed E-state index contributed by atoms with van der Waals surface area (Å²) in [6.07, 6.45) is 2.62. The predicted octanol–water partition coefficient (Wildman–Crippen LogP) is 6.13. The molecule has 0 unspecified atom stereocenters. The normalized spacial score (nSPS) is 14.7. The van der Waals surface area contributed by atoms with E-state index in [1.54, 1.807) is 48.5 Å². The Morgan fingerprint density at radius 1 is 0.550 bits per heavy atom. The standard InChI is InChI=1S/C45H43NO14/c1-4-36(47)55-22-10-6-8-12-38(49)57-34-20-18-28-24-32(16-14-30(28)26-34)44(53)59-40-41(43(52)46(3)42(40)51)60-45(54)33-17-15-31-27-35(21-19-29(31)25-33)58-39(50)13-9-7-11-23-56-37(48)5-2/h4-5,14-21,24-27,40-41H,1-2,6-13,22-23H2,3H3/t40-,41-/m1/s1. The number of imide groups is 1. The fourth-order valence-electron chi connectivity index (χ4n) is 6.09. The Morgan fingerprint density at radius 2 is 0.933 bits per heavy atom. The van der Waals surface area contributed by atoms with Gasteiger partial charge in [-0.15, -0.1) is 0 Å². The van der Waals surface area contributed by atoms with Crippen molar-refractivity contribution in [2.24, 2.45) is 0 Å². The number of carbonyl (C=O) groups is 8. The quantitative estimate of drug-likeness (QED) is 0.0247. The van der Waals surface area contributed by atoms with E-state index in [1.165, 1.54) is 31.3 Å². The summed E-state index contributed by atoms with van der Waals surface area (Å²) in [7, 11) is 1.19. The maximum absolute atomic E-state index is 13.3. The lowest BCUT2D eigenvalue weighted by molar-refractivity contribution is -0.140. The molecule has 2 amide bonds. The smallest absolute Gasteiger partial charge is 0.339 e. The van der Waals surface area contributed by atoms with Crippen LogP contribution in [0.2, 0.25) is 0 Å². The summed E-state index contributed by atoms with van der Waals surface area (Å²) in [5.41, 5.74) is 0.100. The van der Waals surface area contributed by atoms with Crippen LogP contribution in [0, 0.1) is 0 Å². The molecular weight excluding hydrogens is 778 g/mol. The monoisotopic (exact) mass is 821 g/mol. The molecule has 312 valence electrons. The molecule has 60 heavy (non-hydrogen) atoms. The Morgan fingerprint density at radius 3 is 1.33 bits per heavy atom. The molecule has 4 aromatic carbocycles. The van der Waals surface area contributed by atoms with Crippen molar-refractivity contribution in [3.8, 4) is 11.5 Å². The number of ether oxygens (including phenoxy) is 6. The number of amides is 2. The molecule has 0 aromatic heterocycles. The van der Waals surface area contributed by atoms with Crippen molar-refractivity contribution in [2.45, 2.75) is 63.6 Å². The lowest BCUT2D eigenvalue weighted by Gasteiger charge is -2.17. The van der Waals surface area contributed by atoms with Crippen LogP contribution in [-0.2, 0) is 47.7 Å². The number of likely N-dealkylation sites (N-methyl/N-ethyl adjacent to an activating group) is 1. The van der Waals surface area contributed by atoms with Crippen LogP contribution in [0.5, 0.6) is 11.5 Å². The van der Waals surface area contributed by atoms with Crippen molar-refractivity contribution in [3.63, 3.8) is 0 Å². The zero-order valence-corrected chi connectivity index (χ0v) is 32.9. The van der Waals surface area contributed by atoms with Crippen LogP contribution in [0.1, 0.15) is 72.1 Å². The molecule has 15 nitrogen and oxygen atoms in total. The fraction of sp³-hybridized carbons (Fsp3) is 0.289. The number of benzene rings is 4. The third-order valence-electron chi connectivity index (χ3n) is 9.32. The summed E-state index contributed by atoms with van der Waals surface area (Å²) in [5, 5.41) is 2.46. The predicted molar refractivity (Wildman–Crippen MR) is 215 cm³/mol. The van der Waals surface area contributed by atoms with Crippen LogP contribution >= 0.6 is 0 Å². The SMILES string of the molecule is C=CC(=O)OCCCCCC(=O)Oc1ccc2cc(C(=O)O[C@H]3C(=O)N(C)C(=O)[C@@H]3OC(=O)c3ccc4cc(OC(=O)CCCCCOC(=O)C=C)ccc4c3)ccc2c1. The van der Waals surface area contributed by atoms with Gasteiger partial charge in [0.2, 0.25) is 12.2 Å². The van der Waals surface area contributed by atoms with Gasteiger partial charge in [-0.25, -0.2) is 19.2 Å². The molecule has 0 aliphatic carbocycles. The summed E-state index contributed by atoms with van der Waals surface area (Å²) in [6.45, 7) is 7.14. The zero-order valence-electron chi connectivity index (χ0n) is 32.9. The number of nitrogens with zero attached hydrogens (tertiary/aromatic N) is 1. The maximum atomic E-state index is 13.3. The number of fused-ring (bicyclic) bond motifs is 2. The molecule has 1 aliphatic rings. The number of unbranched alkanes of at least 4 members (excludes halogenated alkanes) is 4. The van der Waals surface area contributed by atoms with Gasteiger partial charge >= 0.3 is 35.8 Å². The van der Waals surface area contributed by atoms with Crippen molar-refractivity contribution in [1.29, 1.82) is 0 Å². The van der Waals surface area contributed by atoms with E-state index in [0.717, 1.165) is 17.1 Å². The van der Waals surface area contributed by atoms with Crippen LogP contribution < -0.4 is 9.47 Å². The molecule has 1 saturated heterocycles. The van der Waals surface area contributed by atoms with Gasteiger partial charge in [-0.3, -0.25) is 24.1 Å². The second-order valence-corrected chi connectivity index (χ2v) is 13.6. The zero-order chi connectivity index (χ0) is 43.2. The molecule has 0 bridgehead atoms. The van der Waals surface area contributed by atoms with Gasteiger partial charge in [-0.2, -0.15) is 0 Å². The van der Waals surface area contributed by atoms with E-state index in [0.29, 0.717) is 71.6 Å². The highest BCUT2D eigenvalue weighted by atomic mass is 16.6. The van der Waals surface area contributed by atoms with Crippen LogP contribution in [0.25, 0.3) is 21.5 Å². The number of hydrogen-bond acceptors (Lipinski definition) is 14. The van der Waals surface area contributed by atoms with Crippen molar-refractivity contribution < 1.29 is 66.8 Å². The molecule has 4 aromatic rings. The number of carbonyl (C=O) groups excluding carboxylic acids is 8. The highest BCUT2D eigenvalue weighted by Gasteiger charge is 2.51. The first-order valence-electron chi connectivity index (χ1n) is 19.2. The molecule has 0 N–H and O–H groups in total. The third-order valence-corrected chi connectivity index (χ3v) is 9.32. The van der Waals surface area contributed by atoms with E-state index >= 15 is 0 Å². The molecule has 1 aliphatic heterocycles. The van der Waals surface area contributed by atoms with Crippen LogP contribution in [0.4, 0.5) is 0 Å². The fourth-order valence-corrected chi connectivity index (χ4v) is 6.09. The maximum Gasteiger partial charge on any atom is 0.339 e. The second-order valence-electron chi connectivity index (χ2n) is 13.6. The Hall–Kier alpha value is -7.16. The molecular formula is C45H43NO14. The van der Waals surface area contributed by atoms with Gasteiger partial charge in [0.1, 0.15) is 11.5 Å². The van der Waals surface area contributed by atoms with E-state index in [2.05, 4.69) is 13.2 Å². The van der Waals surface area contributed by atoms with Crippen molar-refractivity contribution in [1.82, 2.24) is 4.90 Å². The molecule has 5 rings (SSSR count). The number of hydrogen-bond donors (Lipinski definition) is 0. The highest BCUT2D eigenvalue weighted by molar-refractivity contribution is 6.10. The number of likely N-dealkylation sites (tertiary alicyclic amines) is 1. The van der Waals surface area contributed by atoms with Gasteiger partial charge in [0.25, 0.3) is 11.8 Å². The van der Waals surface area contributed by atoms with Gasteiger partial charge in [-0.1, -0.05) is 37.4 Å². The minimum atomic E-state index is -1.74. The highest BCUT2D eigenvalue weighted by Crippen LogP contribution is 2.27. The van der Waals surface area contributed by atoms with Gasteiger partial charge < -0.3 is 28.4 Å². The molecule has 0 radical (unpaired) electrons. The van der Waals surface area contributed by atoms with Crippen molar-refractivity contribution in [3.05, 3.63) is 109 Å². The van der Waals surface area contributed by atoms with E-state index in [4.69, 9.17) is 28.4 Å². The van der Waals surface area contributed by atoms with Gasteiger partial charge in [0, 0.05) is 32.0 Å². The van der Waals surface area contributed by atoms with Crippen molar-refractivity contribution >= 4 is 69.2 Å². The van der Waals surface area contributed by atoms with Crippen LogP contribution in [0.3, 0.4) is 0 Å². The topological polar surface area (TPSA) is 195 Å². The molecule has 1 heterocycles. The summed E-state index contributed by atoms with van der Waals surface area (Å²) >= 11 is 0. The minimum Gasteiger partial charge on any atom is -0.463 e. The Balaban J connectivity index is 1.14. The Labute approximate surface area is 344 Å². The first-order valence-corrected chi connectivity index (χ1v) is 19.2. The largest absolute Gasteiger partial charge is 0.463 e. The first kappa shape index (κ1) is 44.0. The average molecular weight is 822 g/mol. The summed E-state index contributed by atoms with van der Waals surface area (Å²) in [5.74, 6) is -4.89. The summed E-state index contributed by atoms with van der Waals surface area (Å²) < 4.78 is 31.7. The van der Waals surface area contributed by atoms with E-state index in [9.17, 15) is 38.4 Å². The molecule has 1 fully saturated rings. The average Bonchev–Trinajstić information content (AvgIpc) is 3.44. The lowest BCUT2D eigenvalue weighted by Crippen LogP contribution is -2.37. The van der Waals surface area contributed by atoms with E-state index < -0.39 is 59.8 Å². The molecule has 0 spiro atoms. The second kappa shape index (κ2) is 21.0. The molecule has 2 atom stereocenters. The summed E-state index contributed by atoms with van der Waals surface area (Å²) in [4.78, 5) is 100. The third kappa shape index (κ3) is 11.9. The van der Waals surface area contributed by atoms with Crippen molar-refractivity contribution in [2.75, 3.05) is 20.3 Å². The molecule has 0 saturated carbocycles. The van der Waals surface area contributed by atoms with Gasteiger partial charge in [-0.05, 0) is 109 Å². The summed E-state index contributed by atoms with van der Waals surface area (Å²) in [6, 6.07) is 18.8.